The highest BCUT2D eigenvalue weighted by molar-refractivity contribution is 5.66. The van der Waals surface area contributed by atoms with E-state index in [0.29, 0.717) is 6.42 Å². The highest BCUT2D eigenvalue weighted by atomic mass is 16.6. The molecule has 0 aromatic carbocycles. The number of ether oxygens (including phenoxy) is 1. The Kier molecular flexibility index (Phi) is 32.4. The van der Waals surface area contributed by atoms with Crippen molar-refractivity contribution in [3.8, 4) is 0 Å². The molecule has 0 spiro atoms. The van der Waals surface area contributed by atoms with Crippen LogP contribution in [0.2, 0.25) is 0 Å². The van der Waals surface area contributed by atoms with Gasteiger partial charge in [-0.15, -0.1) is 0 Å². The zero-order valence-corrected chi connectivity index (χ0v) is 27.3. The van der Waals surface area contributed by atoms with Crippen molar-refractivity contribution in [1.29, 1.82) is 0 Å². The Labute approximate surface area is 250 Å². The van der Waals surface area contributed by atoms with E-state index in [1.54, 1.807) is 0 Å². The molecule has 2 N–H and O–H groups in total. The van der Waals surface area contributed by atoms with Gasteiger partial charge in [-0.3, -0.25) is 4.79 Å². The van der Waals surface area contributed by atoms with E-state index in [9.17, 15) is 9.90 Å². The van der Waals surface area contributed by atoms with E-state index < -0.39 is 12.3 Å². The predicted molar refractivity (Wildman–Crippen MR) is 173 cm³/mol. The van der Waals surface area contributed by atoms with Gasteiger partial charge in [-0.2, -0.15) is 0 Å². The lowest BCUT2D eigenvalue weighted by molar-refractivity contribution is -0.144. The van der Waals surface area contributed by atoms with E-state index in [4.69, 9.17) is 9.84 Å². The molecule has 0 amide bonds. The lowest BCUT2D eigenvalue weighted by atomic mass is 10.0. The summed E-state index contributed by atoms with van der Waals surface area (Å²) in [6.45, 7) is 4.54. The Morgan fingerprint density at radius 2 is 0.775 bits per heavy atom. The number of unbranched alkanes of at least 4 members (excludes halogenated alkanes) is 24. The van der Waals surface area contributed by atoms with Crippen molar-refractivity contribution in [2.45, 2.75) is 225 Å². The first-order chi connectivity index (χ1) is 19.6. The second-order valence-corrected chi connectivity index (χ2v) is 12.6. The lowest BCUT2D eigenvalue weighted by Gasteiger charge is -2.22. The summed E-state index contributed by atoms with van der Waals surface area (Å²) < 4.78 is 6.15. The van der Waals surface area contributed by atoms with Crippen molar-refractivity contribution >= 4 is 5.97 Å². The quantitative estimate of drug-likeness (QED) is 0.0598. The Balaban J connectivity index is 3.76. The predicted octanol–water partition coefficient (Wildman–Crippen LogP) is 11.9. The number of carboxylic acids is 1. The van der Waals surface area contributed by atoms with Gasteiger partial charge in [0.2, 0.25) is 0 Å². The Bertz CT molecular complexity index is 495. The maximum atomic E-state index is 10.6. The fourth-order valence-electron chi connectivity index (χ4n) is 5.77. The number of hydrogen-bond acceptors (Lipinski definition) is 3. The minimum atomic E-state index is -0.675. The molecule has 0 aromatic heterocycles. The van der Waals surface area contributed by atoms with Crippen LogP contribution in [0.1, 0.15) is 213 Å². The SMILES string of the molecule is CCCCCCCCCCCCCCCCCC(O)OC(CCCCCC)CCCCCCCCCCC(=O)O. The third-order valence-corrected chi connectivity index (χ3v) is 8.45. The molecule has 0 aromatic rings. The van der Waals surface area contributed by atoms with Gasteiger partial charge in [0.15, 0.2) is 6.29 Å². The Hall–Kier alpha value is -0.610. The maximum Gasteiger partial charge on any atom is 0.303 e. The molecule has 0 saturated carbocycles. The first kappa shape index (κ1) is 39.4. The van der Waals surface area contributed by atoms with Crippen molar-refractivity contribution < 1.29 is 19.7 Å². The summed E-state index contributed by atoms with van der Waals surface area (Å²) in [6.07, 6.45) is 37.5. The Morgan fingerprint density at radius 1 is 0.475 bits per heavy atom. The molecule has 0 fully saturated rings. The highest BCUT2D eigenvalue weighted by Crippen LogP contribution is 2.20. The van der Waals surface area contributed by atoms with Crippen LogP contribution >= 0.6 is 0 Å². The third kappa shape index (κ3) is 31.9. The summed E-state index contributed by atoms with van der Waals surface area (Å²) in [7, 11) is 0. The normalized spacial score (nSPS) is 13.1. The monoisotopic (exact) mass is 569 g/mol. The second-order valence-electron chi connectivity index (χ2n) is 12.6. The Morgan fingerprint density at radius 3 is 1.15 bits per heavy atom. The van der Waals surface area contributed by atoms with E-state index >= 15 is 0 Å². The first-order valence-corrected chi connectivity index (χ1v) is 18.1. The number of hydrogen-bond donors (Lipinski definition) is 2. The molecule has 0 radical (unpaired) electrons. The van der Waals surface area contributed by atoms with Gasteiger partial charge in [-0.1, -0.05) is 174 Å². The van der Waals surface area contributed by atoms with Gasteiger partial charge in [-0.25, -0.2) is 0 Å². The topological polar surface area (TPSA) is 66.8 Å². The fourth-order valence-corrected chi connectivity index (χ4v) is 5.77. The molecule has 40 heavy (non-hydrogen) atoms. The number of rotatable bonds is 34. The van der Waals surface area contributed by atoms with Crippen LogP contribution < -0.4 is 0 Å². The maximum absolute atomic E-state index is 10.6. The molecular formula is C36H72O4. The van der Waals surface area contributed by atoms with E-state index in [-0.39, 0.29) is 6.10 Å². The van der Waals surface area contributed by atoms with Crippen molar-refractivity contribution in [1.82, 2.24) is 0 Å². The summed E-state index contributed by atoms with van der Waals surface area (Å²) in [5, 5.41) is 19.2. The van der Waals surface area contributed by atoms with Gasteiger partial charge in [0.1, 0.15) is 0 Å². The van der Waals surface area contributed by atoms with Crippen molar-refractivity contribution in [3.05, 3.63) is 0 Å². The number of aliphatic hydroxyl groups is 1. The van der Waals surface area contributed by atoms with Crippen molar-refractivity contribution in [3.63, 3.8) is 0 Å². The molecular weight excluding hydrogens is 496 g/mol. The van der Waals surface area contributed by atoms with Gasteiger partial charge < -0.3 is 14.9 Å². The zero-order valence-electron chi connectivity index (χ0n) is 27.3. The van der Waals surface area contributed by atoms with Crippen LogP contribution in [-0.4, -0.2) is 28.6 Å². The molecule has 0 aliphatic carbocycles. The van der Waals surface area contributed by atoms with E-state index in [2.05, 4.69) is 13.8 Å². The van der Waals surface area contributed by atoms with Crippen LogP contribution in [0.15, 0.2) is 0 Å². The molecule has 2 unspecified atom stereocenters. The number of carboxylic acid groups (broad SMARTS) is 1. The van der Waals surface area contributed by atoms with Gasteiger partial charge >= 0.3 is 5.97 Å². The second kappa shape index (κ2) is 32.9. The minimum absolute atomic E-state index is 0.208. The van der Waals surface area contributed by atoms with E-state index in [1.165, 1.54) is 148 Å². The molecule has 0 rings (SSSR count). The molecule has 4 heteroatoms. The molecule has 0 aliphatic heterocycles. The van der Waals surface area contributed by atoms with Crippen LogP contribution in [0.4, 0.5) is 0 Å². The molecule has 2 atom stereocenters. The zero-order chi connectivity index (χ0) is 29.4. The molecule has 0 aliphatic rings. The number of aliphatic carboxylic acids is 1. The van der Waals surface area contributed by atoms with Crippen LogP contribution in [0.25, 0.3) is 0 Å². The smallest absolute Gasteiger partial charge is 0.303 e. The molecule has 4 nitrogen and oxygen atoms in total. The summed E-state index contributed by atoms with van der Waals surface area (Å²) in [5.41, 5.74) is 0. The minimum Gasteiger partial charge on any atom is -0.481 e. The molecule has 0 saturated heterocycles. The lowest BCUT2D eigenvalue weighted by Crippen LogP contribution is -2.22. The van der Waals surface area contributed by atoms with Gasteiger partial charge in [-0.05, 0) is 32.1 Å². The average Bonchev–Trinajstić information content (AvgIpc) is 2.93. The summed E-state index contributed by atoms with van der Waals surface area (Å²) in [4.78, 5) is 10.6. The van der Waals surface area contributed by atoms with E-state index in [1.807, 2.05) is 0 Å². The average molecular weight is 569 g/mol. The summed E-state index contributed by atoms with van der Waals surface area (Å²) in [6, 6.07) is 0. The van der Waals surface area contributed by atoms with Crippen LogP contribution in [0.5, 0.6) is 0 Å². The van der Waals surface area contributed by atoms with Gasteiger partial charge in [0.25, 0.3) is 0 Å². The van der Waals surface area contributed by atoms with Gasteiger partial charge in [0, 0.05) is 6.42 Å². The largest absolute Gasteiger partial charge is 0.481 e. The van der Waals surface area contributed by atoms with Crippen LogP contribution in [0, 0.1) is 0 Å². The van der Waals surface area contributed by atoms with Crippen LogP contribution in [-0.2, 0) is 9.53 Å². The fraction of sp³-hybridized carbons (Fsp3) is 0.972. The van der Waals surface area contributed by atoms with Gasteiger partial charge in [0.05, 0.1) is 6.10 Å². The summed E-state index contributed by atoms with van der Waals surface area (Å²) >= 11 is 0. The number of carbonyl (C=O) groups is 1. The molecule has 0 bridgehead atoms. The van der Waals surface area contributed by atoms with Crippen LogP contribution in [0.3, 0.4) is 0 Å². The molecule has 240 valence electrons. The van der Waals surface area contributed by atoms with Crippen molar-refractivity contribution in [2.75, 3.05) is 0 Å². The third-order valence-electron chi connectivity index (χ3n) is 8.45. The molecule has 0 heterocycles. The van der Waals surface area contributed by atoms with E-state index in [0.717, 1.165) is 44.9 Å². The first-order valence-electron chi connectivity index (χ1n) is 18.1. The standard InChI is InChI=1S/C36H72O4/c1-3-5-7-9-10-11-12-13-14-15-16-17-22-25-29-33-36(39)40-34(30-26-8-6-4-2)31-27-23-20-18-19-21-24-28-32-35(37)38/h34,36,39H,3-33H2,1-2H3,(H,37,38). The summed E-state index contributed by atoms with van der Waals surface area (Å²) in [5.74, 6) is -0.675. The number of aliphatic hydroxyl groups excluding tert-OH is 1. The highest BCUT2D eigenvalue weighted by Gasteiger charge is 2.14. The van der Waals surface area contributed by atoms with Crippen molar-refractivity contribution in [2.24, 2.45) is 0 Å².